The number of anilines is 1. The molecule has 0 radical (unpaired) electrons. The lowest BCUT2D eigenvalue weighted by molar-refractivity contribution is -0.128. The molecule has 1 N–H and O–H groups in total. The number of rotatable bonds is 6. The molecule has 26 heavy (non-hydrogen) atoms. The molecule has 0 saturated heterocycles. The first-order valence-electron chi connectivity index (χ1n) is 9.25. The molecule has 1 saturated carbocycles. The molecular formula is C21H25N3O2. The Morgan fingerprint density at radius 1 is 1.23 bits per heavy atom. The number of nitrogens with zero attached hydrogens (tertiary/aromatic N) is 2. The van der Waals surface area contributed by atoms with Crippen LogP contribution in [0.25, 0.3) is 0 Å². The molecule has 0 unspecified atom stereocenters. The van der Waals surface area contributed by atoms with E-state index in [9.17, 15) is 4.79 Å². The lowest BCUT2D eigenvalue weighted by Gasteiger charge is -2.31. The highest BCUT2D eigenvalue weighted by molar-refractivity contribution is 5.85. The number of methoxy groups -OCH3 is 1. The second kappa shape index (κ2) is 7.08. The highest BCUT2D eigenvalue weighted by atomic mass is 16.5. The van der Waals surface area contributed by atoms with E-state index in [1.165, 1.54) is 11.1 Å². The largest absolute Gasteiger partial charge is 0.384 e. The van der Waals surface area contributed by atoms with Crippen molar-refractivity contribution in [1.82, 2.24) is 10.3 Å². The Morgan fingerprint density at radius 2 is 2.04 bits per heavy atom. The number of amides is 1. The van der Waals surface area contributed by atoms with Crippen molar-refractivity contribution in [3.8, 4) is 0 Å². The smallest absolute Gasteiger partial charge is 0.228 e. The van der Waals surface area contributed by atoms with Crippen molar-refractivity contribution in [3.63, 3.8) is 0 Å². The topological polar surface area (TPSA) is 54.5 Å². The molecule has 5 heteroatoms. The fourth-order valence-corrected chi connectivity index (χ4v) is 3.76. The van der Waals surface area contributed by atoms with Crippen molar-refractivity contribution in [3.05, 3.63) is 59.3 Å². The fourth-order valence-electron chi connectivity index (χ4n) is 3.76. The quantitative estimate of drug-likeness (QED) is 0.869. The summed E-state index contributed by atoms with van der Waals surface area (Å²) in [6.07, 6.45) is 4.68. The van der Waals surface area contributed by atoms with Gasteiger partial charge in [-0.15, -0.1) is 0 Å². The van der Waals surface area contributed by atoms with Crippen molar-refractivity contribution >= 4 is 11.7 Å². The molecule has 2 aliphatic rings. The number of benzene rings is 1. The summed E-state index contributed by atoms with van der Waals surface area (Å²) < 4.78 is 5.21. The molecule has 2 aromatic rings. The van der Waals surface area contributed by atoms with Gasteiger partial charge in [0.15, 0.2) is 0 Å². The Kier molecular flexibility index (Phi) is 4.64. The molecule has 136 valence electrons. The monoisotopic (exact) mass is 351 g/mol. The molecule has 1 aromatic heterocycles. The molecule has 1 fully saturated rings. The Hall–Kier alpha value is -2.40. The van der Waals surface area contributed by atoms with Gasteiger partial charge in [-0.2, -0.15) is 0 Å². The third kappa shape index (κ3) is 3.31. The Morgan fingerprint density at radius 3 is 2.81 bits per heavy atom. The van der Waals surface area contributed by atoms with Crippen LogP contribution in [0.2, 0.25) is 0 Å². The van der Waals surface area contributed by atoms with E-state index in [1.807, 2.05) is 12.3 Å². The van der Waals surface area contributed by atoms with Gasteiger partial charge in [-0.25, -0.2) is 4.98 Å². The minimum atomic E-state index is -0.304. The molecule has 1 amide bonds. The normalized spacial score (nSPS) is 17.5. The molecule has 0 atom stereocenters. The Bertz CT molecular complexity index is 801. The van der Waals surface area contributed by atoms with Gasteiger partial charge in [0.05, 0.1) is 12.0 Å². The average Bonchev–Trinajstić information content (AvgIpc) is 3.47. The van der Waals surface area contributed by atoms with Gasteiger partial charge in [0.1, 0.15) is 5.82 Å². The maximum Gasteiger partial charge on any atom is 0.228 e. The second-order valence-electron chi connectivity index (χ2n) is 7.32. The van der Waals surface area contributed by atoms with Crippen molar-refractivity contribution in [2.45, 2.75) is 32.4 Å². The summed E-state index contributed by atoms with van der Waals surface area (Å²) in [7, 11) is 1.65. The van der Waals surface area contributed by atoms with Gasteiger partial charge in [0, 0.05) is 38.5 Å². The van der Waals surface area contributed by atoms with Gasteiger partial charge >= 0.3 is 0 Å². The number of fused-ring (bicyclic) bond motifs is 1. The minimum Gasteiger partial charge on any atom is -0.384 e. The van der Waals surface area contributed by atoms with Crippen molar-refractivity contribution in [2.24, 2.45) is 5.41 Å². The first-order chi connectivity index (χ1) is 12.7. The van der Waals surface area contributed by atoms with E-state index in [4.69, 9.17) is 4.74 Å². The lowest BCUT2D eigenvalue weighted by Crippen LogP contribution is -2.36. The zero-order valence-corrected chi connectivity index (χ0v) is 15.2. The Labute approximate surface area is 154 Å². The molecule has 5 nitrogen and oxygen atoms in total. The molecular weight excluding hydrogens is 326 g/mol. The van der Waals surface area contributed by atoms with E-state index in [0.717, 1.165) is 43.7 Å². The van der Waals surface area contributed by atoms with Crippen molar-refractivity contribution in [2.75, 3.05) is 25.2 Å². The van der Waals surface area contributed by atoms with Gasteiger partial charge < -0.3 is 15.0 Å². The third-order valence-electron chi connectivity index (χ3n) is 5.49. The average molecular weight is 351 g/mol. The fraction of sp³-hybridized carbons (Fsp3) is 0.429. The SMILES string of the molecule is COCC1(C(=O)NCc2cccnc2N2CCc3ccccc3C2)CC1. The molecule has 1 aliphatic heterocycles. The first-order valence-corrected chi connectivity index (χ1v) is 9.25. The van der Waals surface area contributed by atoms with Crippen LogP contribution in [0.3, 0.4) is 0 Å². The number of nitrogens with one attached hydrogen (secondary N) is 1. The van der Waals surface area contributed by atoms with E-state index >= 15 is 0 Å². The summed E-state index contributed by atoms with van der Waals surface area (Å²) in [5.74, 6) is 1.07. The number of pyridine rings is 1. The summed E-state index contributed by atoms with van der Waals surface area (Å²) in [6.45, 7) is 2.82. The molecule has 4 rings (SSSR count). The van der Waals surface area contributed by atoms with Crippen molar-refractivity contribution in [1.29, 1.82) is 0 Å². The van der Waals surface area contributed by atoms with Crippen molar-refractivity contribution < 1.29 is 9.53 Å². The zero-order valence-electron chi connectivity index (χ0n) is 15.2. The van der Waals surface area contributed by atoms with Crippen LogP contribution in [0.15, 0.2) is 42.6 Å². The number of ether oxygens (including phenoxy) is 1. The number of aromatic nitrogens is 1. The van der Waals surface area contributed by atoms with E-state index in [-0.39, 0.29) is 11.3 Å². The van der Waals surface area contributed by atoms with E-state index < -0.39 is 0 Å². The third-order valence-corrected chi connectivity index (χ3v) is 5.49. The summed E-state index contributed by atoms with van der Waals surface area (Å²) in [5.41, 5.74) is 3.54. The summed E-state index contributed by atoms with van der Waals surface area (Å²) in [6, 6.07) is 12.6. The first kappa shape index (κ1) is 17.0. The van der Waals surface area contributed by atoms with E-state index in [1.54, 1.807) is 7.11 Å². The number of carbonyl (C=O) groups excluding carboxylic acids is 1. The van der Waals surface area contributed by atoms with Gasteiger partial charge in [-0.3, -0.25) is 4.79 Å². The summed E-state index contributed by atoms with van der Waals surface area (Å²) >= 11 is 0. The van der Waals surface area contributed by atoms with E-state index in [0.29, 0.717) is 13.2 Å². The standard InChI is InChI=1S/C21H25N3O2/c1-26-15-21(9-10-21)20(25)23-13-17-7-4-11-22-19(17)24-12-8-16-5-2-3-6-18(16)14-24/h2-7,11H,8-10,12-15H2,1H3,(H,23,25). The number of carbonyl (C=O) groups is 1. The van der Waals surface area contributed by atoms with Crippen LogP contribution in [-0.2, 0) is 29.0 Å². The Balaban J connectivity index is 1.47. The lowest BCUT2D eigenvalue weighted by atomic mass is 9.99. The second-order valence-corrected chi connectivity index (χ2v) is 7.32. The van der Waals surface area contributed by atoms with Crippen LogP contribution in [0.5, 0.6) is 0 Å². The minimum absolute atomic E-state index is 0.0955. The molecule has 1 aromatic carbocycles. The van der Waals surface area contributed by atoms with Gasteiger partial charge in [0.25, 0.3) is 0 Å². The van der Waals surface area contributed by atoms with Crippen LogP contribution in [0, 0.1) is 5.41 Å². The van der Waals surface area contributed by atoms with Crippen LogP contribution in [0.4, 0.5) is 5.82 Å². The van der Waals surface area contributed by atoms with Crippen LogP contribution in [-0.4, -0.2) is 31.2 Å². The van der Waals surface area contributed by atoms with Crippen LogP contribution in [0.1, 0.15) is 29.5 Å². The predicted molar refractivity (Wildman–Crippen MR) is 101 cm³/mol. The van der Waals surface area contributed by atoms with E-state index in [2.05, 4.69) is 45.5 Å². The molecule has 2 heterocycles. The maximum atomic E-state index is 12.5. The van der Waals surface area contributed by atoms with Crippen LogP contribution >= 0.6 is 0 Å². The summed E-state index contributed by atoms with van der Waals surface area (Å²) in [5, 5.41) is 3.10. The molecule has 1 aliphatic carbocycles. The highest BCUT2D eigenvalue weighted by Gasteiger charge is 2.49. The predicted octanol–water partition coefficient (Wildman–Crippen LogP) is 2.69. The van der Waals surface area contributed by atoms with Gasteiger partial charge in [-0.1, -0.05) is 30.3 Å². The van der Waals surface area contributed by atoms with Gasteiger partial charge in [0.2, 0.25) is 5.91 Å². The molecule has 0 bridgehead atoms. The maximum absolute atomic E-state index is 12.5. The number of hydrogen-bond acceptors (Lipinski definition) is 4. The van der Waals surface area contributed by atoms with Crippen LogP contribution < -0.4 is 10.2 Å². The summed E-state index contributed by atoms with van der Waals surface area (Å²) in [4.78, 5) is 19.4. The highest BCUT2D eigenvalue weighted by Crippen LogP contribution is 2.46. The number of hydrogen-bond donors (Lipinski definition) is 1. The zero-order chi connectivity index (χ0) is 18.0. The molecule has 0 spiro atoms. The van der Waals surface area contributed by atoms with Gasteiger partial charge in [-0.05, 0) is 36.5 Å².